The van der Waals surface area contributed by atoms with Crippen LogP contribution in [0.4, 0.5) is 5.69 Å². The molecule has 1 fully saturated rings. The van der Waals surface area contributed by atoms with Gasteiger partial charge in [-0.25, -0.2) is 0 Å². The number of Topliss-reactive ketones (excluding diaryl/α,β-unsaturated/α-hetero) is 1. The topological polar surface area (TPSA) is 37.4 Å². The van der Waals surface area contributed by atoms with Gasteiger partial charge in [-0.3, -0.25) is 9.59 Å². The third-order valence-corrected chi connectivity index (χ3v) is 5.42. The van der Waals surface area contributed by atoms with Crippen molar-refractivity contribution >= 4 is 33.3 Å². The van der Waals surface area contributed by atoms with E-state index in [9.17, 15) is 9.59 Å². The van der Waals surface area contributed by atoms with Crippen molar-refractivity contribution in [3.05, 3.63) is 27.7 Å². The van der Waals surface area contributed by atoms with E-state index >= 15 is 0 Å². The van der Waals surface area contributed by atoms with E-state index in [1.54, 1.807) is 11.8 Å². The molecule has 1 aliphatic heterocycles. The highest BCUT2D eigenvalue weighted by Gasteiger charge is 2.50. The summed E-state index contributed by atoms with van der Waals surface area (Å²) in [5.41, 5.74) is 2.90. The molecule has 1 aromatic rings. The first kappa shape index (κ1) is 14.8. The van der Waals surface area contributed by atoms with E-state index in [0.717, 1.165) is 47.1 Å². The van der Waals surface area contributed by atoms with Crippen molar-refractivity contribution in [2.75, 3.05) is 11.4 Å². The van der Waals surface area contributed by atoms with Crippen molar-refractivity contribution in [3.63, 3.8) is 0 Å². The lowest BCUT2D eigenvalue weighted by Crippen LogP contribution is -2.33. The number of halogens is 1. The first-order valence-corrected chi connectivity index (χ1v) is 8.25. The second kappa shape index (κ2) is 4.94. The zero-order valence-corrected chi connectivity index (χ0v) is 14.3. The molecule has 0 spiro atoms. The predicted molar refractivity (Wildman–Crippen MR) is 86.7 cm³/mol. The van der Waals surface area contributed by atoms with Crippen LogP contribution in [0, 0.1) is 11.3 Å². The standard InChI is InChI=1S/C17H20BrNO2/c1-10(20)19-6-4-5-11-7-14(18)12(8-15(11)19)16(21)13-9-17(13,2)3/h7-8,13H,4-6,9H2,1-3H3. The van der Waals surface area contributed by atoms with Gasteiger partial charge in [0.25, 0.3) is 0 Å². The smallest absolute Gasteiger partial charge is 0.223 e. The molecule has 0 aromatic heterocycles. The molecular weight excluding hydrogens is 330 g/mol. The lowest BCUT2D eigenvalue weighted by molar-refractivity contribution is -0.116. The molecule has 3 rings (SSSR count). The van der Waals surface area contributed by atoms with Crippen LogP contribution in [0.25, 0.3) is 0 Å². The van der Waals surface area contributed by atoms with E-state index in [2.05, 4.69) is 29.8 Å². The number of hydrogen-bond donors (Lipinski definition) is 0. The molecule has 4 heteroatoms. The van der Waals surface area contributed by atoms with E-state index in [1.165, 1.54) is 0 Å². The largest absolute Gasteiger partial charge is 0.312 e. The van der Waals surface area contributed by atoms with E-state index in [4.69, 9.17) is 0 Å². The first-order chi connectivity index (χ1) is 9.81. The highest BCUT2D eigenvalue weighted by atomic mass is 79.9. The average Bonchev–Trinajstić information content (AvgIpc) is 3.05. The van der Waals surface area contributed by atoms with Gasteiger partial charge in [0.1, 0.15) is 0 Å². The summed E-state index contributed by atoms with van der Waals surface area (Å²) < 4.78 is 0.861. The lowest BCUT2D eigenvalue weighted by Gasteiger charge is -2.29. The van der Waals surface area contributed by atoms with Gasteiger partial charge in [-0.15, -0.1) is 0 Å². The van der Waals surface area contributed by atoms with Gasteiger partial charge in [0.05, 0.1) is 0 Å². The highest BCUT2D eigenvalue weighted by molar-refractivity contribution is 9.10. The molecule has 3 nitrogen and oxygen atoms in total. The maximum atomic E-state index is 12.7. The van der Waals surface area contributed by atoms with Crippen molar-refractivity contribution < 1.29 is 9.59 Å². The molecular formula is C17H20BrNO2. The number of amides is 1. The SMILES string of the molecule is CC(=O)N1CCCc2cc(Br)c(C(=O)C3CC3(C)C)cc21. The molecule has 1 saturated carbocycles. The number of benzene rings is 1. The molecule has 0 saturated heterocycles. The number of anilines is 1. The van der Waals surface area contributed by atoms with Crippen molar-refractivity contribution in [3.8, 4) is 0 Å². The highest BCUT2D eigenvalue weighted by Crippen LogP contribution is 2.53. The Balaban J connectivity index is 2.01. The van der Waals surface area contributed by atoms with Crippen molar-refractivity contribution in [2.45, 2.75) is 40.0 Å². The number of carbonyl (C=O) groups excluding carboxylic acids is 2. The van der Waals surface area contributed by atoms with Gasteiger partial charge >= 0.3 is 0 Å². The molecule has 112 valence electrons. The van der Waals surface area contributed by atoms with E-state index in [0.29, 0.717) is 0 Å². The lowest BCUT2D eigenvalue weighted by atomic mass is 9.95. The molecule has 1 unspecified atom stereocenters. The average molecular weight is 350 g/mol. The molecule has 1 heterocycles. The fourth-order valence-electron chi connectivity index (χ4n) is 3.22. The Hall–Kier alpha value is -1.16. The summed E-state index contributed by atoms with van der Waals surface area (Å²) in [7, 11) is 0. The third-order valence-electron chi connectivity index (χ3n) is 4.76. The van der Waals surface area contributed by atoms with Gasteiger partial charge in [0, 0.05) is 35.1 Å². The minimum absolute atomic E-state index is 0.0448. The van der Waals surface area contributed by atoms with Gasteiger partial charge in [-0.05, 0) is 42.4 Å². The summed E-state index contributed by atoms with van der Waals surface area (Å²) in [6, 6.07) is 3.93. The number of carbonyl (C=O) groups is 2. The Morgan fingerprint density at radius 3 is 2.57 bits per heavy atom. The molecule has 1 aliphatic carbocycles. The number of aryl methyl sites for hydroxylation is 1. The van der Waals surface area contributed by atoms with Crippen molar-refractivity contribution in [1.82, 2.24) is 0 Å². The minimum Gasteiger partial charge on any atom is -0.312 e. The summed E-state index contributed by atoms with van der Waals surface area (Å²) in [6.07, 6.45) is 2.88. The first-order valence-electron chi connectivity index (χ1n) is 7.46. The fraction of sp³-hybridized carbons (Fsp3) is 0.529. The molecule has 21 heavy (non-hydrogen) atoms. The normalized spacial score (nSPS) is 22.7. The zero-order valence-electron chi connectivity index (χ0n) is 12.7. The van der Waals surface area contributed by atoms with Gasteiger partial charge in [-0.1, -0.05) is 29.8 Å². The molecule has 1 amide bonds. The summed E-state index contributed by atoms with van der Waals surface area (Å²) in [5.74, 6) is 0.355. The van der Waals surface area contributed by atoms with Gasteiger partial charge in [0.15, 0.2) is 5.78 Å². The van der Waals surface area contributed by atoms with E-state index in [-0.39, 0.29) is 23.0 Å². The van der Waals surface area contributed by atoms with Crippen molar-refractivity contribution in [1.29, 1.82) is 0 Å². The second-order valence-corrected chi connectivity index (χ2v) is 7.70. The summed E-state index contributed by atoms with van der Waals surface area (Å²) >= 11 is 3.54. The summed E-state index contributed by atoms with van der Waals surface area (Å²) in [5, 5.41) is 0. The number of nitrogens with zero attached hydrogens (tertiary/aromatic N) is 1. The van der Waals surface area contributed by atoms with Gasteiger partial charge in [-0.2, -0.15) is 0 Å². The van der Waals surface area contributed by atoms with Gasteiger partial charge < -0.3 is 4.90 Å². The number of rotatable bonds is 2. The molecule has 1 aromatic carbocycles. The Morgan fingerprint density at radius 1 is 1.33 bits per heavy atom. The van der Waals surface area contributed by atoms with E-state index < -0.39 is 0 Å². The maximum Gasteiger partial charge on any atom is 0.223 e. The van der Waals surface area contributed by atoms with Crippen LogP contribution >= 0.6 is 15.9 Å². The van der Waals surface area contributed by atoms with E-state index in [1.807, 2.05) is 12.1 Å². The Kier molecular flexibility index (Phi) is 3.47. The van der Waals surface area contributed by atoms with Crippen LogP contribution in [-0.2, 0) is 11.2 Å². The molecule has 2 aliphatic rings. The Bertz CT molecular complexity index is 636. The molecule has 0 radical (unpaired) electrons. The second-order valence-electron chi connectivity index (χ2n) is 6.84. The van der Waals surface area contributed by atoms with Crippen LogP contribution in [0.15, 0.2) is 16.6 Å². The minimum atomic E-state index is 0.0448. The molecule has 0 N–H and O–H groups in total. The van der Waals surface area contributed by atoms with Crippen molar-refractivity contribution in [2.24, 2.45) is 11.3 Å². The fourth-order valence-corrected chi connectivity index (χ4v) is 3.81. The van der Waals surface area contributed by atoms with Gasteiger partial charge in [0.2, 0.25) is 5.91 Å². The quantitative estimate of drug-likeness (QED) is 0.757. The third kappa shape index (κ3) is 2.54. The van der Waals surface area contributed by atoms with Crippen LogP contribution in [0.1, 0.15) is 49.5 Å². The maximum absolute atomic E-state index is 12.7. The number of fused-ring (bicyclic) bond motifs is 1. The zero-order chi connectivity index (χ0) is 15.4. The monoisotopic (exact) mass is 349 g/mol. The number of ketones is 1. The number of hydrogen-bond acceptors (Lipinski definition) is 2. The summed E-state index contributed by atoms with van der Waals surface area (Å²) in [4.78, 5) is 26.3. The molecule has 1 atom stereocenters. The summed E-state index contributed by atoms with van der Waals surface area (Å²) in [6.45, 7) is 6.59. The predicted octanol–water partition coefficient (Wildman–Crippen LogP) is 3.98. The van der Waals surface area contributed by atoms with Crippen LogP contribution < -0.4 is 4.90 Å². The van der Waals surface area contributed by atoms with Crippen LogP contribution in [-0.4, -0.2) is 18.2 Å². The molecule has 0 bridgehead atoms. The van der Waals surface area contributed by atoms with Crippen LogP contribution in [0.5, 0.6) is 0 Å². The van der Waals surface area contributed by atoms with Crippen LogP contribution in [0.3, 0.4) is 0 Å². The van der Waals surface area contributed by atoms with Crippen LogP contribution in [0.2, 0.25) is 0 Å². The Labute approximate surface area is 133 Å². The Morgan fingerprint density at radius 2 is 2.00 bits per heavy atom.